The number of hydrogen-bond acceptors (Lipinski definition) is 5. The van der Waals surface area contributed by atoms with Gasteiger partial charge in [0.2, 0.25) is 9.84 Å². The molecule has 19 heavy (non-hydrogen) atoms. The van der Waals surface area contributed by atoms with Crippen LogP contribution in [0, 0.1) is 11.3 Å². The molecule has 1 heterocycles. The van der Waals surface area contributed by atoms with Crippen LogP contribution in [-0.4, -0.2) is 14.4 Å². The summed E-state index contributed by atoms with van der Waals surface area (Å²) in [5.74, 6) is -0.496. The number of hydrogen-bond donors (Lipinski definition) is 0. The van der Waals surface area contributed by atoms with Crippen molar-refractivity contribution in [3.63, 3.8) is 0 Å². The summed E-state index contributed by atoms with van der Waals surface area (Å²) in [6.07, 6.45) is 0.828. The Labute approximate surface area is 111 Å². The van der Waals surface area contributed by atoms with Crippen LogP contribution in [0.5, 0.6) is 0 Å². The second-order valence-corrected chi connectivity index (χ2v) is 5.84. The smallest absolute Gasteiger partial charge is 0.311 e. The standard InChI is InChI=1S/C13H11NO4S/c1-2-3-13(15)18-11-8-19(16,17)12-5-4-9(7-14)6-10(11)12/h4-6,8H,2-3H2,1H3. The van der Waals surface area contributed by atoms with Gasteiger partial charge in [-0.3, -0.25) is 4.79 Å². The number of benzene rings is 1. The molecule has 5 nitrogen and oxygen atoms in total. The number of nitrogens with zero attached hydrogens (tertiary/aromatic N) is 1. The summed E-state index contributed by atoms with van der Waals surface area (Å²) >= 11 is 0. The van der Waals surface area contributed by atoms with E-state index in [1.165, 1.54) is 18.2 Å². The van der Waals surface area contributed by atoms with Gasteiger partial charge in [-0.2, -0.15) is 5.26 Å². The van der Waals surface area contributed by atoms with Gasteiger partial charge in [0, 0.05) is 12.0 Å². The van der Waals surface area contributed by atoms with Crippen LogP contribution in [-0.2, 0) is 19.4 Å². The fraction of sp³-hybridized carbons (Fsp3) is 0.231. The summed E-state index contributed by atoms with van der Waals surface area (Å²) in [5, 5.41) is 9.75. The van der Waals surface area contributed by atoms with Crippen molar-refractivity contribution in [1.29, 1.82) is 5.26 Å². The van der Waals surface area contributed by atoms with Crippen LogP contribution in [0.2, 0.25) is 0 Å². The quantitative estimate of drug-likeness (QED) is 0.789. The van der Waals surface area contributed by atoms with Gasteiger partial charge in [0.05, 0.1) is 21.9 Å². The van der Waals surface area contributed by atoms with E-state index in [9.17, 15) is 13.2 Å². The third-order valence-corrected chi connectivity index (χ3v) is 4.11. The molecule has 0 amide bonds. The lowest BCUT2D eigenvalue weighted by molar-refractivity contribution is -0.136. The summed E-state index contributed by atoms with van der Waals surface area (Å²) in [6.45, 7) is 1.82. The molecule has 0 radical (unpaired) electrons. The molecule has 0 saturated carbocycles. The van der Waals surface area contributed by atoms with Gasteiger partial charge in [0.15, 0.2) is 5.76 Å². The summed E-state index contributed by atoms with van der Waals surface area (Å²) in [6, 6.07) is 6.09. The lowest BCUT2D eigenvalue weighted by atomic mass is 10.1. The average Bonchev–Trinajstić information content (AvgIpc) is 2.61. The molecule has 1 aromatic rings. The van der Waals surface area contributed by atoms with Crippen LogP contribution in [0.15, 0.2) is 28.5 Å². The van der Waals surface area contributed by atoms with E-state index in [2.05, 4.69) is 0 Å². The van der Waals surface area contributed by atoms with Gasteiger partial charge in [-0.25, -0.2) is 8.42 Å². The molecule has 98 valence electrons. The van der Waals surface area contributed by atoms with E-state index in [-0.39, 0.29) is 22.6 Å². The van der Waals surface area contributed by atoms with Gasteiger partial charge >= 0.3 is 5.97 Å². The Morgan fingerprint density at radius 1 is 1.42 bits per heavy atom. The van der Waals surface area contributed by atoms with Crippen molar-refractivity contribution in [2.75, 3.05) is 0 Å². The molecule has 1 aliphatic rings. The minimum absolute atomic E-state index is 0.00875. The Bertz CT molecular complexity index is 711. The molecule has 2 rings (SSSR count). The monoisotopic (exact) mass is 277 g/mol. The molecule has 0 aliphatic carbocycles. The maximum atomic E-state index is 11.9. The number of rotatable bonds is 3. The van der Waals surface area contributed by atoms with E-state index >= 15 is 0 Å². The first kappa shape index (κ1) is 13.3. The SMILES string of the molecule is CCCC(=O)OC1=CS(=O)(=O)c2ccc(C#N)cc21. The highest BCUT2D eigenvalue weighted by Crippen LogP contribution is 2.34. The number of nitriles is 1. The maximum Gasteiger partial charge on any atom is 0.311 e. The van der Waals surface area contributed by atoms with Crippen molar-refractivity contribution in [3.8, 4) is 6.07 Å². The van der Waals surface area contributed by atoms with Crippen molar-refractivity contribution in [2.24, 2.45) is 0 Å². The van der Waals surface area contributed by atoms with Crippen molar-refractivity contribution < 1.29 is 17.9 Å². The normalized spacial score (nSPS) is 15.3. The molecule has 1 aliphatic heterocycles. The van der Waals surface area contributed by atoms with Crippen molar-refractivity contribution in [2.45, 2.75) is 24.7 Å². The number of fused-ring (bicyclic) bond motifs is 1. The second kappa shape index (κ2) is 4.86. The molecule has 0 saturated heterocycles. The number of carbonyl (C=O) groups excluding carboxylic acids is 1. The Kier molecular flexibility index (Phi) is 3.40. The Hall–Kier alpha value is -2.13. The number of carbonyl (C=O) groups is 1. The first-order valence-electron chi connectivity index (χ1n) is 5.70. The average molecular weight is 277 g/mol. The van der Waals surface area contributed by atoms with Crippen LogP contribution in [0.25, 0.3) is 5.76 Å². The largest absolute Gasteiger partial charge is 0.425 e. The Morgan fingerprint density at radius 2 is 2.16 bits per heavy atom. The van der Waals surface area contributed by atoms with Crippen molar-refractivity contribution in [1.82, 2.24) is 0 Å². The van der Waals surface area contributed by atoms with E-state index in [4.69, 9.17) is 10.00 Å². The van der Waals surface area contributed by atoms with Gasteiger partial charge < -0.3 is 4.74 Å². The molecule has 0 atom stereocenters. The zero-order valence-corrected chi connectivity index (χ0v) is 11.0. The van der Waals surface area contributed by atoms with Crippen molar-refractivity contribution in [3.05, 3.63) is 34.7 Å². The van der Waals surface area contributed by atoms with Crippen molar-refractivity contribution >= 4 is 21.6 Å². The summed E-state index contributed by atoms with van der Waals surface area (Å²) < 4.78 is 28.8. The molecule has 0 aromatic heterocycles. The van der Waals surface area contributed by atoms with E-state index in [1.54, 1.807) is 0 Å². The highest BCUT2D eigenvalue weighted by molar-refractivity contribution is 7.94. The molecule has 0 unspecified atom stereocenters. The number of ether oxygens (including phenoxy) is 1. The first-order chi connectivity index (χ1) is 8.97. The van der Waals surface area contributed by atoms with E-state index in [1.807, 2.05) is 13.0 Å². The summed E-state index contributed by atoms with van der Waals surface area (Å²) in [4.78, 5) is 11.5. The van der Waals surface area contributed by atoms with Gasteiger partial charge in [0.25, 0.3) is 0 Å². The second-order valence-electron chi connectivity index (χ2n) is 4.07. The topological polar surface area (TPSA) is 84.2 Å². The van der Waals surface area contributed by atoms with E-state index in [0.29, 0.717) is 12.0 Å². The first-order valence-corrected chi connectivity index (χ1v) is 7.24. The lowest BCUT2D eigenvalue weighted by Crippen LogP contribution is -2.02. The third kappa shape index (κ3) is 2.51. The zero-order valence-electron chi connectivity index (χ0n) is 10.2. The van der Waals surface area contributed by atoms with Gasteiger partial charge in [-0.1, -0.05) is 6.92 Å². The predicted molar refractivity (Wildman–Crippen MR) is 67.3 cm³/mol. The minimum atomic E-state index is -3.59. The highest BCUT2D eigenvalue weighted by atomic mass is 32.2. The summed E-state index contributed by atoms with van der Waals surface area (Å²) in [7, 11) is -3.59. The fourth-order valence-electron chi connectivity index (χ4n) is 1.76. The molecule has 0 spiro atoms. The predicted octanol–water partition coefficient (Wildman–Crippen LogP) is 1.99. The van der Waals surface area contributed by atoms with Crippen LogP contribution in [0.1, 0.15) is 30.9 Å². The van der Waals surface area contributed by atoms with Crippen LogP contribution < -0.4 is 0 Å². The van der Waals surface area contributed by atoms with Gasteiger partial charge in [-0.05, 0) is 24.6 Å². The van der Waals surface area contributed by atoms with E-state index in [0.717, 1.165) is 5.41 Å². The molecular formula is C13H11NO4S. The lowest BCUT2D eigenvalue weighted by Gasteiger charge is -2.05. The van der Waals surface area contributed by atoms with Crippen LogP contribution >= 0.6 is 0 Å². The Morgan fingerprint density at radius 3 is 2.79 bits per heavy atom. The third-order valence-electron chi connectivity index (χ3n) is 2.62. The number of esters is 1. The molecular weight excluding hydrogens is 266 g/mol. The maximum absolute atomic E-state index is 11.9. The van der Waals surface area contributed by atoms with Gasteiger partial charge in [-0.15, -0.1) is 0 Å². The van der Waals surface area contributed by atoms with Crippen LogP contribution in [0.3, 0.4) is 0 Å². The van der Waals surface area contributed by atoms with E-state index < -0.39 is 15.8 Å². The zero-order chi connectivity index (χ0) is 14.0. The Balaban J connectivity index is 2.44. The molecule has 1 aromatic carbocycles. The molecule has 0 N–H and O–H groups in total. The molecule has 0 fully saturated rings. The molecule has 6 heteroatoms. The number of sulfone groups is 1. The van der Waals surface area contributed by atoms with Crippen LogP contribution in [0.4, 0.5) is 0 Å². The highest BCUT2D eigenvalue weighted by Gasteiger charge is 2.29. The van der Waals surface area contributed by atoms with Gasteiger partial charge in [0.1, 0.15) is 0 Å². The fourth-order valence-corrected chi connectivity index (χ4v) is 3.07. The molecule has 0 bridgehead atoms. The summed E-state index contributed by atoms with van der Waals surface area (Å²) in [5.41, 5.74) is 0.580. The minimum Gasteiger partial charge on any atom is -0.425 e.